The van der Waals surface area contributed by atoms with Crippen LogP contribution in [-0.2, 0) is 0 Å². The maximum atomic E-state index is 9.31. The van der Waals surface area contributed by atoms with Gasteiger partial charge in [-0.25, -0.2) is 0 Å². The van der Waals surface area contributed by atoms with Crippen LogP contribution >= 0.6 is 23.2 Å². The Bertz CT molecular complexity index is 508. The summed E-state index contributed by atoms with van der Waals surface area (Å²) in [4.78, 5) is 0. The molecule has 0 aliphatic rings. The van der Waals surface area contributed by atoms with Gasteiger partial charge in [-0.15, -0.1) is 0 Å². The molecule has 3 nitrogen and oxygen atoms in total. The van der Waals surface area contributed by atoms with Gasteiger partial charge >= 0.3 is 0 Å². The van der Waals surface area contributed by atoms with E-state index in [-0.39, 0.29) is 0 Å². The van der Waals surface area contributed by atoms with Crippen LogP contribution in [0.2, 0.25) is 10.0 Å². The summed E-state index contributed by atoms with van der Waals surface area (Å²) in [6.45, 7) is 1.60. The van der Waals surface area contributed by atoms with Crippen LogP contribution in [0.15, 0.2) is 28.8 Å². The van der Waals surface area contributed by atoms with Gasteiger partial charge in [0.05, 0.1) is 5.02 Å². The molecule has 0 aliphatic heterocycles. The monoisotopic (exact) mass is 257 g/mol. The van der Waals surface area contributed by atoms with E-state index in [2.05, 4.69) is 5.16 Å². The van der Waals surface area contributed by atoms with Crippen molar-refractivity contribution in [1.82, 2.24) is 5.16 Å². The third-order valence-electron chi connectivity index (χ3n) is 2.15. The van der Waals surface area contributed by atoms with Crippen molar-refractivity contribution in [3.05, 3.63) is 40.1 Å². The number of rotatable bonds is 2. The molecule has 1 atom stereocenters. The molecule has 0 aliphatic carbocycles. The summed E-state index contributed by atoms with van der Waals surface area (Å²) in [6.07, 6.45) is -0.688. The topological polar surface area (TPSA) is 46.3 Å². The highest BCUT2D eigenvalue weighted by atomic mass is 35.5. The molecular formula is C11H9Cl2NO2. The van der Waals surface area contributed by atoms with E-state index in [1.54, 1.807) is 31.2 Å². The van der Waals surface area contributed by atoms with E-state index in [0.29, 0.717) is 21.5 Å². The Morgan fingerprint density at radius 1 is 1.31 bits per heavy atom. The molecule has 16 heavy (non-hydrogen) atoms. The van der Waals surface area contributed by atoms with Gasteiger partial charge in [0.25, 0.3) is 0 Å². The van der Waals surface area contributed by atoms with E-state index in [9.17, 15) is 5.11 Å². The number of aliphatic hydroxyl groups excluding tert-OH is 1. The van der Waals surface area contributed by atoms with Crippen LogP contribution in [0.1, 0.15) is 18.8 Å². The van der Waals surface area contributed by atoms with Crippen LogP contribution in [0.3, 0.4) is 0 Å². The molecular weight excluding hydrogens is 249 g/mol. The number of nitrogens with zero attached hydrogens (tertiary/aromatic N) is 1. The lowest BCUT2D eigenvalue weighted by molar-refractivity contribution is 0.158. The third kappa shape index (κ3) is 2.21. The summed E-state index contributed by atoms with van der Waals surface area (Å²) in [5.41, 5.74) is 1.30. The molecule has 0 unspecified atom stereocenters. The quantitative estimate of drug-likeness (QED) is 0.893. The molecule has 0 saturated carbocycles. The molecule has 1 heterocycles. The fourth-order valence-electron chi connectivity index (χ4n) is 1.31. The molecule has 84 valence electrons. The van der Waals surface area contributed by atoms with Crippen LogP contribution in [0, 0.1) is 0 Å². The highest BCUT2D eigenvalue weighted by molar-refractivity contribution is 6.36. The first-order valence-electron chi connectivity index (χ1n) is 4.68. The lowest BCUT2D eigenvalue weighted by atomic mass is 10.1. The minimum atomic E-state index is -0.688. The minimum absolute atomic E-state index is 0.404. The van der Waals surface area contributed by atoms with Crippen molar-refractivity contribution in [3.8, 4) is 11.3 Å². The van der Waals surface area contributed by atoms with E-state index >= 15 is 0 Å². The number of hydrogen-bond donors (Lipinski definition) is 1. The average molecular weight is 258 g/mol. The number of aromatic nitrogens is 1. The van der Waals surface area contributed by atoms with E-state index in [1.807, 2.05) is 0 Å². The van der Waals surface area contributed by atoms with Gasteiger partial charge in [0, 0.05) is 16.7 Å². The Labute approximate surface area is 103 Å². The van der Waals surface area contributed by atoms with Crippen molar-refractivity contribution in [3.63, 3.8) is 0 Å². The van der Waals surface area contributed by atoms with Gasteiger partial charge in [0.15, 0.2) is 5.76 Å². The molecule has 5 heteroatoms. The number of halogens is 2. The molecule has 0 amide bonds. The SMILES string of the molecule is C[C@H](O)c1cc(-c2ccc(Cl)cc2Cl)no1. The first-order valence-corrected chi connectivity index (χ1v) is 5.43. The number of hydrogen-bond acceptors (Lipinski definition) is 3. The Morgan fingerprint density at radius 3 is 2.62 bits per heavy atom. The van der Waals surface area contributed by atoms with Gasteiger partial charge in [-0.2, -0.15) is 0 Å². The van der Waals surface area contributed by atoms with Crippen LogP contribution in [0.5, 0.6) is 0 Å². The van der Waals surface area contributed by atoms with E-state index < -0.39 is 6.10 Å². The summed E-state index contributed by atoms with van der Waals surface area (Å²) in [6, 6.07) is 6.77. The van der Waals surface area contributed by atoms with Crippen molar-refractivity contribution >= 4 is 23.2 Å². The normalized spacial score (nSPS) is 12.8. The second-order valence-electron chi connectivity index (χ2n) is 3.41. The molecule has 2 rings (SSSR count). The van der Waals surface area contributed by atoms with Crippen molar-refractivity contribution in [2.24, 2.45) is 0 Å². The van der Waals surface area contributed by atoms with Gasteiger partial charge < -0.3 is 9.63 Å². The summed E-state index contributed by atoms with van der Waals surface area (Å²) in [5, 5.41) is 14.2. The van der Waals surface area contributed by atoms with Crippen LogP contribution in [0.4, 0.5) is 0 Å². The van der Waals surface area contributed by atoms with E-state index in [1.165, 1.54) is 0 Å². The Kier molecular flexibility index (Phi) is 3.19. The van der Waals surface area contributed by atoms with Crippen molar-refractivity contribution in [2.75, 3.05) is 0 Å². The molecule has 0 radical (unpaired) electrons. The predicted molar refractivity (Wildman–Crippen MR) is 62.6 cm³/mol. The highest BCUT2D eigenvalue weighted by Gasteiger charge is 2.12. The molecule has 1 N–H and O–H groups in total. The van der Waals surface area contributed by atoms with Crippen molar-refractivity contribution in [1.29, 1.82) is 0 Å². The maximum Gasteiger partial charge on any atom is 0.165 e. The number of aliphatic hydroxyl groups is 1. The number of benzene rings is 1. The summed E-state index contributed by atoms with van der Waals surface area (Å²) in [5.74, 6) is 0.404. The molecule has 1 aromatic heterocycles. The summed E-state index contributed by atoms with van der Waals surface area (Å²) >= 11 is 11.8. The largest absolute Gasteiger partial charge is 0.385 e. The Morgan fingerprint density at radius 2 is 2.06 bits per heavy atom. The Hall–Kier alpha value is -1.03. The lowest BCUT2D eigenvalue weighted by Gasteiger charge is -1.99. The fraction of sp³-hybridized carbons (Fsp3) is 0.182. The average Bonchev–Trinajstić information content (AvgIpc) is 2.66. The molecule has 0 bridgehead atoms. The van der Waals surface area contributed by atoms with Crippen LogP contribution in [-0.4, -0.2) is 10.3 Å². The van der Waals surface area contributed by atoms with Crippen LogP contribution < -0.4 is 0 Å². The smallest absolute Gasteiger partial charge is 0.165 e. The predicted octanol–water partition coefficient (Wildman–Crippen LogP) is 3.70. The highest BCUT2D eigenvalue weighted by Crippen LogP contribution is 2.30. The van der Waals surface area contributed by atoms with Gasteiger partial charge in [-0.3, -0.25) is 0 Å². The zero-order valence-corrected chi connectivity index (χ0v) is 9.96. The molecule has 0 fully saturated rings. The second-order valence-corrected chi connectivity index (χ2v) is 4.26. The minimum Gasteiger partial charge on any atom is -0.385 e. The van der Waals surface area contributed by atoms with Gasteiger partial charge in [0.1, 0.15) is 11.8 Å². The first kappa shape index (κ1) is 11.5. The van der Waals surface area contributed by atoms with E-state index in [4.69, 9.17) is 27.7 Å². The molecule has 1 aromatic carbocycles. The molecule has 0 spiro atoms. The third-order valence-corrected chi connectivity index (χ3v) is 2.70. The van der Waals surface area contributed by atoms with Crippen LogP contribution in [0.25, 0.3) is 11.3 Å². The maximum absolute atomic E-state index is 9.31. The summed E-state index contributed by atoms with van der Waals surface area (Å²) in [7, 11) is 0. The zero-order valence-electron chi connectivity index (χ0n) is 8.45. The van der Waals surface area contributed by atoms with Crippen molar-refractivity contribution in [2.45, 2.75) is 13.0 Å². The second kappa shape index (κ2) is 4.45. The standard InChI is InChI=1S/C11H9Cl2NO2/c1-6(15)11-5-10(14-16-11)8-3-2-7(12)4-9(8)13/h2-6,15H,1H3/t6-/m0/s1. The zero-order chi connectivity index (χ0) is 11.7. The fourth-order valence-corrected chi connectivity index (χ4v) is 1.82. The van der Waals surface area contributed by atoms with E-state index in [0.717, 1.165) is 5.56 Å². The lowest BCUT2D eigenvalue weighted by Crippen LogP contribution is -1.85. The van der Waals surface area contributed by atoms with Gasteiger partial charge in [0.2, 0.25) is 0 Å². The van der Waals surface area contributed by atoms with Gasteiger partial charge in [-0.05, 0) is 25.1 Å². The molecule has 0 saturated heterocycles. The molecule has 2 aromatic rings. The van der Waals surface area contributed by atoms with Crippen molar-refractivity contribution < 1.29 is 9.63 Å². The first-order chi connectivity index (χ1) is 7.58. The summed E-state index contributed by atoms with van der Waals surface area (Å²) < 4.78 is 4.97. The van der Waals surface area contributed by atoms with Gasteiger partial charge in [-0.1, -0.05) is 28.4 Å². The Balaban J connectivity index is 2.42.